The maximum absolute atomic E-state index is 12.9. The molecule has 0 radical (unpaired) electrons. The van der Waals surface area contributed by atoms with E-state index in [-0.39, 0.29) is 0 Å². The minimum Gasteiger partial charge on any atom is -0.377 e. The summed E-state index contributed by atoms with van der Waals surface area (Å²) in [6.45, 7) is 1.24. The molecule has 8 heteroatoms. The highest BCUT2D eigenvalue weighted by atomic mass is 19.4. The third-order valence-electron chi connectivity index (χ3n) is 5.45. The van der Waals surface area contributed by atoms with E-state index >= 15 is 0 Å². The van der Waals surface area contributed by atoms with Gasteiger partial charge in [-0.05, 0) is 40.8 Å². The molecular weight excluding hydrogens is 433 g/mol. The molecule has 2 N–H and O–H groups in total. The molecule has 3 aromatic rings. The maximum atomic E-state index is 12.9. The Morgan fingerprint density at radius 1 is 0.970 bits per heavy atom. The summed E-state index contributed by atoms with van der Waals surface area (Å²) in [6.07, 6.45) is -1.86. The van der Waals surface area contributed by atoms with Crippen LogP contribution in [0.2, 0.25) is 0 Å². The average molecular weight is 454 g/mol. The van der Waals surface area contributed by atoms with Gasteiger partial charge in [-0.3, -0.25) is 9.59 Å². The van der Waals surface area contributed by atoms with Crippen LogP contribution in [0.3, 0.4) is 0 Å². The van der Waals surface area contributed by atoms with Crippen LogP contribution in [0.4, 0.5) is 13.2 Å². The minimum atomic E-state index is -4.71. The van der Waals surface area contributed by atoms with Crippen molar-refractivity contribution in [3.8, 4) is 0 Å². The first-order chi connectivity index (χ1) is 15.8. The standard InChI is InChI=1S/C25H21F3N2O3/c26-25(27,28)21-11-10-20(23(31)29-21)24(32)30-22(18-4-2-1-3-5-18)19-8-6-16(7-9-19)17-12-14-33-15-13-17/h1-12,22H,13-15H2,(H,29,31)(H,30,32). The number of benzene rings is 2. The van der Waals surface area contributed by atoms with E-state index < -0.39 is 34.9 Å². The van der Waals surface area contributed by atoms with Crippen molar-refractivity contribution in [2.24, 2.45) is 0 Å². The maximum Gasteiger partial charge on any atom is 0.431 e. The molecule has 33 heavy (non-hydrogen) atoms. The number of hydrogen-bond donors (Lipinski definition) is 2. The number of hydrogen-bond acceptors (Lipinski definition) is 3. The van der Waals surface area contributed by atoms with Crippen molar-refractivity contribution in [2.75, 3.05) is 13.2 Å². The number of aromatic amines is 1. The van der Waals surface area contributed by atoms with Gasteiger partial charge in [-0.2, -0.15) is 13.2 Å². The molecular formula is C25H21F3N2O3. The second-order valence-electron chi connectivity index (χ2n) is 7.61. The third kappa shape index (κ3) is 5.23. The van der Waals surface area contributed by atoms with E-state index in [0.29, 0.717) is 19.3 Å². The molecule has 170 valence electrons. The molecule has 1 aliphatic heterocycles. The summed E-state index contributed by atoms with van der Waals surface area (Å²) < 4.78 is 43.9. The van der Waals surface area contributed by atoms with E-state index in [1.165, 1.54) is 5.57 Å². The van der Waals surface area contributed by atoms with Gasteiger partial charge < -0.3 is 15.0 Å². The molecule has 1 aliphatic rings. The van der Waals surface area contributed by atoms with Crippen LogP contribution >= 0.6 is 0 Å². The molecule has 1 amide bonds. The molecule has 1 unspecified atom stereocenters. The van der Waals surface area contributed by atoms with Gasteiger partial charge in [-0.1, -0.05) is 60.7 Å². The van der Waals surface area contributed by atoms with E-state index in [9.17, 15) is 22.8 Å². The number of H-pyrrole nitrogens is 1. The number of carbonyl (C=O) groups excluding carboxylic acids is 1. The van der Waals surface area contributed by atoms with Crippen molar-refractivity contribution in [2.45, 2.75) is 18.6 Å². The highest BCUT2D eigenvalue weighted by Crippen LogP contribution is 2.28. The Bertz CT molecular complexity index is 1220. The minimum absolute atomic E-state index is 0.395. The molecule has 0 aliphatic carbocycles. The van der Waals surface area contributed by atoms with Gasteiger partial charge in [-0.25, -0.2) is 0 Å². The van der Waals surface area contributed by atoms with Crippen LogP contribution in [0.25, 0.3) is 5.57 Å². The molecule has 0 bridgehead atoms. The van der Waals surface area contributed by atoms with Crippen molar-refractivity contribution >= 4 is 11.5 Å². The van der Waals surface area contributed by atoms with Gasteiger partial charge in [0.2, 0.25) is 0 Å². The molecule has 5 nitrogen and oxygen atoms in total. The number of nitrogens with one attached hydrogen (secondary N) is 2. The lowest BCUT2D eigenvalue weighted by Gasteiger charge is -2.21. The Kier molecular flexibility index (Phi) is 6.46. The quantitative estimate of drug-likeness (QED) is 0.586. The number of alkyl halides is 3. The Morgan fingerprint density at radius 3 is 2.27 bits per heavy atom. The average Bonchev–Trinajstić information content (AvgIpc) is 2.83. The predicted octanol–water partition coefficient (Wildman–Crippen LogP) is 4.72. The second-order valence-corrected chi connectivity index (χ2v) is 7.61. The summed E-state index contributed by atoms with van der Waals surface area (Å²) in [7, 11) is 0. The Morgan fingerprint density at radius 2 is 1.67 bits per heavy atom. The highest BCUT2D eigenvalue weighted by Gasteiger charge is 2.32. The summed E-state index contributed by atoms with van der Waals surface area (Å²) in [4.78, 5) is 26.8. The van der Waals surface area contributed by atoms with E-state index in [1.807, 2.05) is 60.7 Å². The molecule has 2 aromatic carbocycles. The fraction of sp³-hybridized carbons (Fsp3) is 0.200. The zero-order valence-electron chi connectivity index (χ0n) is 17.5. The number of rotatable bonds is 5. The SMILES string of the molecule is O=C(NC(c1ccccc1)c1ccc(C2=CCOCC2)cc1)c1ccc(C(F)(F)F)[nH]c1=O. The lowest BCUT2D eigenvalue weighted by molar-refractivity contribution is -0.141. The Labute approximate surface area is 187 Å². The van der Waals surface area contributed by atoms with Gasteiger partial charge in [0.05, 0.1) is 19.3 Å². The monoisotopic (exact) mass is 454 g/mol. The lowest BCUT2D eigenvalue weighted by atomic mass is 9.94. The van der Waals surface area contributed by atoms with Gasteiger partial charge in [0.25, 0.3) is 11.5 Å². The van der Waals surface area contributed by atoms with Crippen LogP contribution in [0.1, 0.15) is 45.2 Å². The van der Waals surface area contributed by atoms with Crippen molar-refractivity contribution in [1.82, 2.24) is 10.3 Å². The Hall–Kier alpha value is -3.65. The highest BCUT2D eigenvalue weighted by molar-refractivity contribution is 5.94. The molecule has 1 atom stereocenters. The van der Waals surface area contributed by atoms with Crippen LogP contribution in [0, 0.1) is 0 Å². The van der Waals surface area contributed by atoms with Crippen LogP contribution in [-0.2, 0) is 10.9 Å². The summed E-state index contributed by atoms with van der Waals surface area (Å²) >= 11 is 0. The van der Waals surface area contributed by atoms with E-state index in [4.69, 9.17) is 4.74 Å². The number of halogens is 3. The second kappa shape index (κ2) is 9.46. The van der Waals surface area contributed by atoms with Crippen LogP contribution < -0.4 is 10.9 Å². The van der Waals surface area contributed by atoms with Gasteiger partial charge >= 0.3 is 6.18 Å². The zero-order valence-corrected chi connectivity index (χ0v) is 17.5. The number of pyridine rings is 1. The van der Waals surface area contributed by atoms with E-state index in [2.05, 4.69) is 5.32 Å². The van der Waals surface area contributed by atoms with Crippen molar-refractivity contribution in [3.05, 3.63) is 111 Å². The first kappa shape index (κ1) is 22.5. The molecule has 4 rings (SSSR count). The summed E-state index contributed by atoms with van der Waals surface area (Å²) in [6, 6.07) is 17.8. The zero-order chi connectivity index (χ0) is 23.4. The summed E-state index contributed by atoms with van der Waals surface area (Å²) in [5.74, 6) is -0.768. The Balaban J connectivity index is 1.63. The van der Waals surface area contributed by atoms with E-state index in [1.54, 1.807) is 4.98 Å². The van der Waals surface area contributed by atoms with Crippen molar-refractivity contribution in [3.63, 3.8) is 0 Å². The van der Waals surface area contributed by atoms with Crippen LogP contribution in [-0.4, -0.2) is 24.1 Å². The summed E-state index contributed by atoms with van der Waals surface area (Å²) in [5, 5.41) is 2.79. The van der Waals surface area contributed by atoms with Crippen LogP contribution in [0.15, 0.2) is 77.6 Å². The largest absolute Gasteiger partial charge is 0.431 e. The molecule has 0 spiro atoms. The van der Waals surface area contributed by atoms with Crippen LogP contribution in [0.5, 0.6) is 0 Å². The smallest absolute Gasteiger partial charge is 0.377 e. The number of aromatic nitrogens is 1. The van der Waals surface area contributed by atoms with E-state index in [0.717, 1.165) is 29.2 Å². The summed E-state index contributed by atoms with van der Waals surface area (Å²) in [5.41, 5.74) is 1.08. The first-order valence-electron chi connectivity index (χ1n) is 10.4. The molecule has 2 heterocycles. The van der Waals surface area contributed by atoms with Gasteiger partial charge in [0, 0.05) is 0 Å². The van der Waals surface area contributed by atoms with Crippen molar-refractivity contribution < 1.29 is 22.7 Å². The number of carbonyl (C=O) groups is 1. The fourth-order valence-corrected chi connectivity index (χ4v) is 3.71. The van der Waals surface area contributed by atoms with Crippen molar-refractivity contribution in [1.29, 1.82) is 0 Å². The predicted molar refractivity (Wildman–Crippen MR) is 118 cm³/mol. The number of ether oxygens (including phenoxy) is 1. The number of amides is 1. The molecule has 0 saturated carbocycles. The van der Waals surface area contributed by atoms with Gasteiger partial charge in [-0.15, -0.1) is 0 Å². The molecule has 1 aromatic heterocycles. The molecule has 0 fully saturated rings. The normalized spacial score (nSPS) is 14.9. The van der Waals surface area contributed by atoms with Gasteiger partial charge in [0.15, 0.2) is 0 Å². The third-order valence-corrected chi connectivity index (χ3v) is 5.45. The topological polar surface area (TPSA) is 71.2 Å². The molecule has 0 saturated heterocycles. The van der Waals surface area contributed by atoms with Gasteiger partial charge in [0.1, 0.15) is 11.3 Å². The first-order valence-corrected chi connectivity index (χ1v) is 10.4. The fourth-order valence-electron chi connectivity index (χ4n) is 3.71. The lowest BCUT2D eigenvalue weighted by Crippen LogP contribution is -2.34.